The molecule has 0 saturated heterocycles. The average molecular weight is 311 g/mol. The van der Waals surface area contributed by atoms with Crippen LogP contribution in [0.4, 0.5) is 5.82 Å². The number of rotatable bonds is 6. The zero-order valence-electron chi connectivity index (χ0n) is 11.3. The predicted octanol–water partition coefficient (Wildman–Crippen LogP) is -0.208. The summed E-state index contributed by atoms with van der Waals surface area (Å²) in [5.41, 5.74) is 6.18. The molecule has 7 nitrogen and oxygen atoms in total. The van der Waals surface area contributed by atoms with Gasteiger partial charge in [0, 0.05) is 18.5 Å². The Labute approximate surface area is 122 Å². The minimum absolute atomic E-state index is 0.0685. The van der Waals surface area contributed by atoms with Crippen molar-refractivity contribution < 1.29 is 18.6 Å². The van der Waals surface area contributed by atoms with Crippen LogP contribution < -0.4 is 5.73 Å². The Morgan fingerprint density at radius 1 is 1.10 bits per heavy atom. The van der Waals surface area contributed by atoms with E-state index in [4.69, 9.17) is 15.9 Å². The molecule has 114 valence electrons. The Kier molecular flexibility index (Phi) is 4.73. The van der Waals surface area contributed by atoms with Gasteiger partial charge < -0.3 is 15.9 Å². The van der Waals surface area contributed by atoms with E-state index < -0.39 is 10.0 Å². The van der Waals surface area contributed by atoms with Crippen LogP contribution in [0.15, 0.2) is 35.2 Å². The summed E-state index contributed by atoms with van der Waals surface area (Å²) in [4.78, 5) is 4.19. The van der Waals surface area contributed by atoms with Crippen molar-refractivity contribution in [1.82, 2.24) is 9.29 Å². The summed E-state index contributed by atoms with van der Waals surface area (Å²) in [5.74, 6) is 0.361. The van der Waals surface area contributed by atoms with Gasteiger partial charge in [-0.25, -0.2) is 13.4 Å². The molecular weight excluding hydrogens is 294 g/mol. The molecule has 0 amide bonds. The number of hydrogen-bond acceptors (Lipinski definition) is 6. The molecule has 4 N–H and O–H groups in total. The zero-order valence-corrected chi connectivity index (χ0v) is 12.1. The first-order valence-electron chi connectivity index (χ1n) is 6.37. The lowest BCUT2D eigenvalue weighted by molar-refractivity contribution is 0.217. The van der Waals surface area contributed by atoms with E-state index in [0.717, 1.165) is 4.31 Å². The zero-order chi connectivity index (χ0) is 15.5. The number of hydrogen-bond donors (Lipinski definition) is 3. The van der Waals surface area contributed by atoms with Crippen LogP contribution in [-0.2, 0) is 10.0 Å². The van der Waals surface area contributed by atoms with Gasteiger partial charge in [0.15, 0.2) is 0 Å². The number of nitrogens with two attached hydrogens (primary N) is 1. The first-order valence-corrected chi connectivity index (χ1v) is 7.81. The highest BCUT2D eigenvalue weighted by Gasteiger charge is 2.23. The molecule has 0 bridgehead atoms. The van der Waals surface area contributed by atoms with E-state index in [0.29, 0.717) is 16.7 Å². The van der Waals surface area contributed by atoms with Gasteiger partial charge in [-0.3, -0.25) is 0 Å². The van der Waals surface area contributed by atoms with Crippen LogP contribution in [0.1, 0.15) is 0 Å². The molecule has 0 saturated carbocycles. The largest absolute Gasteiger partial charge is 0.395 e. The summed E-state index contributed by atoms with van der Waals surface area (Å²) in [6.07, 6.45) is 0. The van der Waals surface area contributed by atoms with Gasteiger partial charge in [-0.05, 0) is 30.3 Å². The summed E-state index contributed by atoms with van der Waals surface area (Å²) in [5, 5.41) is 18.6. The van der Waals surface area contributed by atoms with Gasteiger partial charge >= 0.3 is 0 Å². The van der Waals surface area contributed by atoms with Gasteiger partial charge in [0.1, 0.15) is 5.82 Å². The maximum atomic E-state index is 12.5. The van der Waals surface area contributed by atoms with E-state index in [1.165, 1.54) is 12.1 Å². The normalized spacial score (nSPS) is 12.1. The molecule has 0 unspecified atom stereocenters. The maximum absolute atomic E-state index is 12.5. The van der Waals surface area contributed by atoms with Crippen molar-refractivity contribution in [1.29, 1.82) is 0 Å². The number of aliphatic hydroxyl groups excluding tert-OH is 2. The monoisotopic (exact) mass is 311 g/mol. The van der Waals surface area contributed by atoms with E-state index in [-0.39, 0.29) is 31.2 Å². The molecular formula is C13H17N3O4S. The van der Waals surface area contributed by atoms with Crippen molar-refractivity contribution in [3.63, 3.8) is 0 Å². The molecule has 2 aromatic rings. The number of anilines is 1. The fourth-order valence-electron chi connectivity index (χ4n) is 2.00. The maximum Gasteiger partial charge on any atom is 0.243 e. The molecule has 1 heterocycles. The Balaban J connectivity index is 2.45. The molecule has 21 heavy (non-hydrogen) atoms. The Hall–Kier alpha value is -1.74. The lowest BCUT2D eigenvalue weighted by Crippen LogP contribution is -2.35. The molecule has 0 radical (unpaired) electrons. The van der Waals surface area contributed by atoms with Crippen LogP contribution in [0.5, 0.6) is 0 Å². The number of aromatic nitrogens is 1. The van der Waals surface area contributed by atoms with Crippen LogP contribution >= 0.6 is 0 Å². The van der Waals surface area contributed by atoms with Crippen molar-refractivity contribution in [3.05, 3.63) is 30.3 Å². The lowest BCUT2D eigenvalue weighted by Gasteiger charge is -2.20. The van der Waals surface area contributed by atoms with E-state index in [2.05, 4.69) is 4.98 Å². The molecule has 2 rings (SSSR count). The van der Waals surface area contributed by atoms with Crippen molar-refractivity contribution >= 4 is 26.7 Å². The fourth-order valence-corrected chi connectivity index (χ4v) is 3.46. The smallest absolute Gasteiger partial charge is 0.243 e. The highest BCUT2D eigenvalue weighted by Crippen LogP contribution is 2.21. The number of nitrogens with zero attached hydrogens (tertiary/aromatic N) is 2. The quantitative estimate of drug-likeness (QED) is 0.680. The number of aliphatic hydroxyl groups is 2. The van der Waals surface area contributed by atoms with Crippen LogP contribution in [0.2, 0.25) is 0 Å². The van der Waals surface area contributed by atoms with Crippen molar-refractivity contribution in [2.45, 2.75) is 4.90 Å². The number of fused-ring (bicyclic) bond motifs is 1. The third-order valence-electron chi connectivity index (χ3n) is 3.02. The fraction of sp³-hybridized carbons (Fsp3) is 0.308. The SMILES string of the molecule is Nc1ccc2cc(S(=O)(=O)N(CCO)CCO)ccc2n1. The minimum atomic E-state index is -3.77. The standard InChI is InChI=1S/C13H17N3O4S/c14-13-4-1-10-9-11(2-3-12(10)15-13)21(19,20)16(5-7-17)6-8-18/h1-4,9,17-18H,5-8H2,(H2,14,15). The van der Waals surface area contributed by atoms with Crippen LogP contribution in [0.25, 0.3) is 10.9 Å². The van der Waals surface area contributed by atoms with Crippen LogP contribution in [0, 0.1) is 0 Å². The molecule has 1 aromatic heterocycles. The van der Waals surface area contributed by atoms with Crippen LogP contribution in [0.3, 0.4) is 0 Å². The second-order valence-electron chi connectivity index (χ2n) is 4.44. The van der Waals surface area contributed by atoms with Crippen LogP contribution in [-0.4, -0.2) is 54.2 Å². The van der Waals surface area contributed by atoms with E-state index >= 15 is 0 Å². The Morgan fingerprint density at radius 2 is 1.76 bits per heavy atom. The molecule has 0 fully saturated rings. The number of pyridine rings is 1. The molecule has 1 aromatic carbocycles. The topological polar surface area (TPSA) is 117 Å². The molecule has 8 heteroatoms. The summed E-state index contributed by atoms with van der Waals surface area (Å²) in [6, 6.07) is 7.80. The number of benzene rings is 1. The van der Waals surface area contributed by atoms with Crippen molar-refractivity contribution in [2.24, 2.45) is 0 Å². The minimum Gasteiger partial charge on any atom is -0.395 e. The molecule has 0 aliphatic heterocycles. The molecule has 0 spiro atoms. The molecule has 0 atom stereocenters. The molecule has 0 aliphatic rings. The Bertz CT molecular complexity index is 727. The first kappa shape index (κ1) is 15.6. The van der Waals surface area contributed by atoms with E-state index in [1.54, 1.807) is 18.2 Å². The van der Waals surface area contributed by atoms with Gasteiger partial charge in [-0.1, -0.05) is 0 Å². The summed E-state index contributed by atoms with van der Waals surface area (Å²) in [6.45, 7) is -0.766. The van der Waals surface area contributed by atoms with E-state index in [1.807, 2.05) is 0 Å². The summed E-state index contributed by atoms with van der Waals surface area (Å²) < 4.78 is 26.0. The second kappa shape index (κ2) is 6.35. The highest BCUT2D eigenvalue weighted by atomic mass is 32.2. The number of nitrogen functional groups attached to an aromatic ring is 1. The highest BCUT2D eigenvalue weighted by molar-refractivity contribution is 7.89. The predicted molar refractivity (Wildman–Crippen MR) is 79.1 cm³/mol. The molecule has 0 aliphatic carbocycles. The Morgan fingerprint density at radius 3 is 2.38 bits per heavy atom. The van der Waals surface area contributed by atoms with Gasteiger partial charge in [0.05, 0.1) is 23.6 Å². The van der Waals surface area contributed by atoms with Crippen molar-refractivity contribution in [2.75, 3.05) is 32.0 Å². The van der Waals surface area contributed by atoms with Gasteiger partial charge in [-0.15, -0.1) is 0 Å². The third-order valence-corrected chi connectivity index (χ3v) is 4.91. The summed E-state index contributed by atoms with van der Waals surface area (Å²) in [7, 11) is -3.77. The lowest BCUT2D eigenvalue weighted by atomic mass is 10.2. The van der Waals surface area contributed by atoms with Gasteiger partial charge in [0.2, 0.25) is 10.0 Å². The van der Waals surface area contributed by atoms with E-state index in [9.17, 15) is 8.42 Å². The number of sulfonamides is 1. The second-order valence-corrected chi connectivity index (χ2v) is 6.38. The van der Waals surface area contributed by atoms with Gasteiger partial charge in [0.25, 0.3) is 0 Å². The van der Waals surface area contributed by atoms with Crippen molar-refractivity contribution in [3.8, 4) is 0 Å². The summed E-state index contributed by atoms with van der Waals surface area (Å²) >= 11 is 0. The van der Waals surface area contributed by atoms with Gasteiger partial charge in [-0.2, -0.15) is 4.31 Å². The first-order chi connectivity index (χ1) is 9.98. The average Bonchev–Trinajstić information content (AvgIpc) is 2.46. The third kappa shape index (κ3) is 3.30.